The van der Waals surface area contributed by atoms with Crippen molar-refractivity contribution >= 4 is 17.2 Å². The molecule has 274 valence electrons. The van der Waals surface area contributed by atoms with E-state index in [1.54, 1.807) is 6.20 Å². The highest BCUT2D eigenvalue weighted by molar-refractivity contribution is 5.82. The van der Waals surface area contributed by atoms with Gasteiger partial charge in [-0.25, -0.2) is 0 Å². The van der Waals surface area contributed by atoms with Crippen molar-refractivity contribution < 1.29 is 28.5 Å². The Kier molecular flexibility index (Phi) is 15.3. The molecule has 1 N–H and O–H groups in total. The molecule has 52 heavy (non-hydrogen) atoms. The molecule has 4 aromatic carbocycles. The van der Waals surface area contributed by atoms with Crippen LogP contribution in [0.3, 0.4) is 0 Å². The van der Waals surface area contributed by atoms with Gasteiger partial charge in [0.1, 0.15) is 5.60 Å². The van der Waals surface area contributed by atoms with Gasteiger partial charge >= 0.3 is 0 Å². The van der Waals surface area contributed by atoms with Crippen molar-refractivity contribution in [2.45, 2.75) is 64.8 Å². The molecular formula is C44H52N2O6. The first-order valence-electron chi connectivity index (χ1n) is 18.0. The average molecular weight is 705 g/mol. The number of aromatic nitrogens is 1. The van der Waals surface area contributed by atoms with Gasteiger partial charge in [-0.05, 0) is 71.5 Å². The Morgan fingerprint density at radius 2 is 1.35 bits per heavy atom. The number of carbonyl (C=O) groups is 1. The standard InChI is InChI=1S/C39H42N2O4.C5H10O2/c1-2-7-30(8-3-1)25-42-19-20-43-26-31-12-16-35(17-13-31)39-37(29-44-27-33-9-6-18-40-22-33)23-41-24-38(39)45-28-32-14-15-34-10-4-5-11-36(34)21-32;1-5(2,3)7-4-6/h1-18,21-22,37-39,41H,19-20,23-29H2;4H,1-3H3. The fourth-order valence-corrected chi connectivity index (χ4v) is 6.18. The number of rotatable bonds is 16. The lowest BCUT2D eigenvalue weighted by atomic mass is 9.79. The highest BCUT2D eigenvalue weighted by Gasteiger charge is 2.35. The molecule has 8 nitrogen and oxygen atoms in total. The zero-order valence-electron chi connectivity index (χ0n) is 30.6. The van der Waals surface area contributed by atoms with Crippen LogP contribution in [-0.4, -0.2) is 56.1 Å². The normalized spacial score (nSPS) is 17.2. The molecule has 0 spiro atoms. The van der Waals surface area contributed by atoms with Gasteiger partial charge in [-0.1, -0.05) is 97.1 Å². The summed E-state index contributed by atoms with van der Waals surface area (Å²) in [5.74, 6) is 0.461. The number of hydrogen-bond donors (Lipinski definition) is 1. The molecule has 0 saturated carbocycles. The maximum absolute atomic E-state index is 9.60. The fraction of sp³-hybridized carbons (Fsp3) is 0.364. The lowest BCUT2D eigenvalue weighted by Crippen LogP contribution is -2.48. The van der Waals surface area contributed by atoms with Crippen LogP contribution >= 0.6 is 0 Å². The van der Waals surface area contributed by atoms with E-state index >= 15 is 0 Å². The summed E-state index contributed by atoms with van der Waals surface area (Å²) < 4.78 is 29.1. The third-order valence-electron chi connectivity index (χ3n) is 8.78. The second-order valence-corrected chi connectivity index (χ2v) is 14.0. The summed E-state index contributed by atoms with van der Waals surface area (Å²) in [5, 5.41) is 6.10. The number of hydrogen-bond acceptors (Lipinski definition) is 8. The molecular weight excluding hydrogens is 652 g/mol. The van der Waals surface area contributed by atoms with Crippen LogP contribution in [0.4, 0.5) is 0 Å². The zero-order valence-corrected chi connectivity index (χ0v) is 30.6. The van der Waals surface area contributed by atoms with E-state index in [4.69, 9.17) is 18.9 Å². The van der Waals surface area contributed by atoms with Crippen molar-refractivity contribution in [3.63, 3.8) is 0 Å². The van der Waals surface area contributed by atoms with Crippen LogP contribution in [0.2, 0.25) is 0 Å². The third-order valence-corrected chi connectivity index (χ3v) is 8.78. The molecule has 0 amide bonds. The Balaban J connectivity index is 0.000000679. The van der Waals surface area contributed by atoms with Crippen LogP contribution in [-0.2, 0) is 54.9 Å². The van der Waals surface area contributed by atoms with Gasteiger partial charge in [-0.15, -0.1) is 0 Å². The van der Waals surface area contributed by atoms with Gasteiger partial charge in [-0.2, -0.15) is 0 Å². The summed E-state index contributed by atoms with van der Waals surface area (Å²) >= 11 is 0. The number of fused-ring (bicyclic) bond motifs is 1. The number of nitrogens with zero attached hydrogens (tertiary/aromatic N) is 1. The van der Waals surface area contributed by atoms with E-state index in [9.17, 15) is 4.79 Å². The minimum absolute atomic E-state index is 0.0149. The SMILES string of the molecule is CC(C)(C)OC=O.c1ccc(COCCOCc2ccc(C3C(COCc4cccnc4)CNCC3OCc3ccc4ccccc4c3)cc2)cc1. The van der Waals surface area contributed by atoms with E-state index in [1.807, 2.05) is 51.2 Å². The first-order valence-corrected chi connectivity index (χ1v) is 18.0. The van der Waals surface area contributed by atoms with E-state index < -0.39 is 0 Å². The molecule has 1 aliphatic heterocycles. The number of ether oxygens (including phenoxy) is 5. The number of benzene rings is 4. The molecule has 1 aromatic heterocycles. The van der Waals surface area contributed by atoms with Gasteiger partial charge < -0.3 is 29.0 Å². The summed E-state index contributed by atoms with van der Waals surface area (Å²) in [6, 6.07) is 38.1. The Morgan fingerprint density at radius 3 is 2.02 bits per heavy atom. The highest BCUT2D eigenvalue weighted by atomic mass is 16.5. The smallest absolute Gasteiger partial charge is 0.293 e. The van der Waals surface area contributed by atoms with Crippen LogP contribution < -0.4 is 5.32 Å². The molecule has 3 atom stereocenters. The van der Waals surface area contributed by atoms with E-state index in [-0.39, 0.29) is 23.5 Å². The fourth-order valence-electron chi connectivity index (χ4n) is 6.18. The molecule has 0 radical (unpaired) electrons. The Labute approximate surface area is 308 Å². The number of nitrogens with one attached hydrogen (secondary N) is 1. The lowest BCUT2D eigenvalue weighted by molar-refractivity contribution is -0.138. The van der Waals surface area contributed by atoms with Gasteiger partial charge in [0.15, 0.2) is 0 Å². The number of piperidine rings is 1. The van der Waals surface area contributed by atoms with Gasteiger partial charge in [0.25, 0.3) is 6.47 Å². The summed E-state index contributed by atoms with van der Waals surface area (Å²) in [5.41, 5.74) is 5.53. The van der Waals surface area contributed by atoms with Crippen LogP contribution in [0.5, 0.6) is 0 Å². The maximum Gasteiger partial charge on any atom is 0.293 e. The zero-order chi connectivity index (χ0) is 36.4. The van der Waals surface area contributed by atoms with Crippen molar-refractivity contribution in [1.29, 1.82) is 0 Å². The molecule has 1 aliphatic rings. The number of carbonyl (C=O) groups excluding carboxylic acids is 1. The van der Waals surface area contributed by atoms with Gasteiger partial charge in [0.2, 0.25) is 0 Å². The quantitative estimate of drug-likeness (QED) is 0.0817. The molecule has 2 heterocycles. The molecule has 0 bridgehead atoms. The van der Waals surface area contributed by atoms with Gasteiger partial charge in [0, 0.05) is 37.3 Å². The molecule has 6 rings (SSSR count). The van der Waals surface area contributed by atoms with Crippen molar-refractivity contribution in [2.75, 3.05) is 32.9 Å². The van der Waals surface area contributed by atoms with Crippen LogP contribution in [0.25, 0.3) is 10.8 Å². The topological polar surface area (TPSA) is 88.1 Å². The second kappa shape index (κ2) is 20.6. The predicted octanol–water partition coefficient (Wildman–Crippen LogP) is 8.03. The van der Waals surface area contributed by atoms with Crippen LogP contribution in [0.1, 0.15) is 54.5 Å². The molecule has 5 aromatic rings. The van der Waals surface area contributed by atoms with Crippen molar-refractivity contribution in [3.8, 4) is 0 Å². The minimum Gasteiger partial charge on any atom is -0.462 e. The molecule has 1 fully saturated rings. The lowest BCUT2D eigenvalue weighted by Gasteiger charge is -2.39. The first kappa shape index (κ1) is 38.8. The van der Waals surface area contributed by atoms with E-state index in [1.165, 1.54) is 27.5 Å². The Morgan fingerprint density at radius 1 is 0.692 bits per heavy atom. The number of pyridine rings is 1. The molecule has 3 unspecified atom stereocenters. The summed E-state index contributed by atoms with van der Waals surface area (Å²) in [6.07, 6.45) is 3.67. The van der Waals surface area contributed by atoms with E-state index in [2.05, 4.69) is 100.0 Å². The van der Waals surface area contributed by atoms with Crippen molar-refractivity contribution in [3.05, 3.63) is 149 Å². The van der Waals surface area contributed by atoms with Gasteiger partial charge in [0.05, 0.1) is 52.4 Å². The summed E-state index contributed by atoms with van der Waals surface area (Å²) in [6.45, 7) is 11.6. The minimum atomic E-state index is -0.318. The maximum atomic E-state index is 9.60. The van der Waals surface area contributed by atoms with Gasteiger partial charge in [-0.3, -0.25) is 9.78 Å². The second-order valence-electron chi connectivity index (χ2n) is 14.0. The Hall–Kier alpha value is -4.44. The summed E-state index contributed by atoms with van der Waals surface area (Å²) in [4.78, 5) is 13.8. The van der Waals surface area contributed by atoms with Crippen molar-refractivity contribution in [2.24, 2.45) is 5.92 Å². The molecule has 0 aliphatic carbocycles. The largest absolute Gasteiger partial charge is 0.462 e. The third kappa shape index (κ3) is 13.0. The van der Waals surface area contributed by atoms with Crippen molar-refractivity contribution in [1.82, 2.24) is 10.3 Å². The average Bonchev–Trinajstić information content (AvgIpc) is 3.16. The first-order chi connectivity index (χ1) is 25.4. The molecule has 8 heteroatoms. The molecule has 1 saturated heterocycles. The van der Waals surface area contributed by atoms with Crippen LogP contribution in [0.15, 0.2) is 122 Å². The summed E-state index contributed by atoms with van der Waals surface area (Å²) in [7, 11) is 0. The predicted molar refractivity (Wildman–Crippen MR) is 205 cm³/mol. The highest BCUT2D eigenvalue weighted by Crippen LogP contribution is 2.34. The van der Waals surface area contributed by atoms with E-state index in [0.29, 0.717) is 52.7 Å². The monoisotopic (exact) mass is 704 g/mol. The Bertz CT molecular complexity index is 1740. The van der Waals surface area contributed by atoms with Crippen LogP contribution in [0, 0.1) is 5.92 Å². The van der Waals surface area contributed by atoms with E-state index in [0.717, 1.165) is 24.2 Å².